The summed E-state index contributed by atoms with van der Waals surface area (Å²) in [4.78, 5) is 6.60. The molecule has 90 valence electrons. The maximum absolute atomic E-state index is 6.01. The summed E-state index contributed by atoms with van der Waals surface area (Å²) < 4.78 is 5.15. The molecule has 1 saturated heterocycles. The van der Waals surface area contributed by atoms with Crippen LogP contribution in [0.1, 0.15) is 37.9 Å². The van der Waals surface area contributed by atoms with Crippen molar-refractivity contribution >= 4 is 0 Å². The van der Waals surface area contributed by atoms with Crippen LogP contribution in [0.2, 0.25) is 0 Å². The van der Waals surface area contributed by atoms with Crippen molar-refractivity contribution in [3.8, 4) is 0 Å². The zero-order valence-corrected chi connectivity index (χ0v) is 10.0. The Labute approximate surface area is 96.0 Å². The highest BCUT2D eigenvalue weighted by Crippen LogP contribution is 2.20. The van der Waals surface area contributed by atoms with E-state index in [-0.39, 0.29) is 6.04 Å². The Balaban J connectivity index is 2.01. The summed E-state index contributed by atoms with van der Waals surface area (Å²) in [6.07, 6.45) is 3.67. The average Bonchev–Trinajstić information content (AvgIpc) is 2.64. The van der Waals surface area contributed by atoms with E-state index in [4.69, 9.17) is 10.3 Å². The molecule has 2 atom stereocenters. The molecule has 2 unspecified atom stereocenters. The van der Waals surface area contributed by atoms with E-state index in [0.29, 0.717) is 17.8 Å². The predicted octanol–water partition coefficient (Wildman–Crippen LogP) is 1.08. The van der Waals surface area contributed by atoms with Crippen LogP contribution in [-0.2, 0) is 6.54 Å². The van der Waals surface area contributed by atoms with E-state index < -0.39 is 0 Å². The Kier molecular flexibility index (Phi) is 3.56. The number of hydrogen-bond donors (Lipinski definition) is 1. The van der Waals surface area contributed by atoms with Crippen molar-refractivity contribution in [3.63, 3.8) is 0 Å². The van der Waals surface area contributed by atoms with E-state index >= 15 is 0 Å². The van der Waals surface area contributed by atoms with Crippen LogP contribution in [0.15, 0.2) is 4.52 Å². The predicted molar refractivity (Wildman–Crippen MR) is 60.7 cm³/mol. The van der Waals surface area contributed by atoms with E-state index in [1.165, 1.54) is 19.3 Å². The van der Waals surface area contributed by atoms with Crippen LogP contribution in [0, 0.1) is 6.92 Å². The van der Waals surface area contributed by atoms with Gasteiger partial charge in [-0.3, -0.25) is 4.90 Å². The van der Waals surface area contributed by atoms with Crippen LogP contribution in [0.5, 0.6) is 0 Å². The lowest BCUT2D eigenvalue weighted by Crippen LogP contribution is -2.48. The summed E-state index contributed by atoms with van der Waals surface area (Å²) in [5, 5.41) is 3.81. The second-order valence-corrected chi connectivity index (χ2v) is 4.63. The number of piperidine rings is 1. The van der Waals surface area contributed by atoms with Crippen molar-refractivity contribution < 1.29 is 4.52 Å². The van der Waals surface area contributed by atoms with Gasteiger partial charge in [0, 0.05) is 12.1 Å². The Morgan fingerprint density at radius 1 is 1.56 bits per heavy atom. The highest BCUT2D eigenvalue weighted by Gasteiger charge is 2.26. The van der Waals surface area contributed by atoms with Gasteiger partial charge in [0.15, 0.2) is 5.82 Å². The van der Waals surface area contributed by atoms with Crippen LogP contribution in [0.4, 0.5) is 0 Å². The third-order valence-corrected chi connectivity index (χ3v) is 3.18. The molecule has 1 aliphatic rings. The summed E-state index contributed by atoms with van der Waals surface area (Å²) in [7, 11) is 0. The topological polar surface area (TPSA) is 68.2 Å². The first-order valence-electron chi connectivity index (χ1n) is 5.95. The number of nitrogens with zero attached hydrogens (tertiary/aromatic N) is 3. The number of aromatic nitrogens is 2. The van der Waals surface area contributed by atoms with Crippen molar-refractivity contribution in [2.24, 2.45) is 5.73 Å². The summed E-state index contributed by atoms with van der Waals surface area (Å²) in [5.74, 6) is 1.40. The first kappa shape index (κ1) is 11.5. The molecule has 0 radical (unpaired) electrons. The van der Waals surface area contributed by atoms with Crippen LogP contribution in [0.3, 0.4) is 0 Å². The number of likely N-dealkylation sites (tertiary alicyclic amines) is 1. The van der Waals surface area contributed by atoms with Gasteiger partial charge in [-0.15, -0.1) is 0 Å². The minimum absolute atomic E-state index is 0.198. The molecule has 5 nitrogen and oxygen atoms in total. The van der Waals surface area contributed by atoms with E-state index in [1.54, 1.807) is 0 Å². The molecule has 2 N–H and O–H groups in total. The minimum atomic E-state index is 0.198. The van der Waals surface area contributed by atoms with Crippen molar-refractivity contribution in [1.29, 1.82) is 0 Å². The number of aryl methyl sites for hydroxylation is 1. The smallest absolute Gasteiger partial charge is 0.240 e. The molecular formula is C11H20N4O. The Morgan fingerprint density at radius 2 is 2.38 bits per heavy atom. The molecule has 5 heteroatoms. The Morgan fingerprint density at radius 3 is 3.00 bits per heavy atom. The van der Waals surface area contributed by atoms with Gasteiger partial charge >= 0.3 is 0 Å². The minimum Gasteiger partial charge on any atom is -0.338 e. The molecule has 0 amide bonds. The van der Waals surface area contributed by atoms with Gasteiger partial charge in [0.2, 0.25) is 5.89 Å². The van der Waals surface area contributed by atoms with Crippen LogP contribution in [0.25, 0.3) is 0 Å². The van der Waals surface area contributed by atoms with Gasteiger partial charge in [0.1, 0.15) is 0 Å². The molecule has 0 bridgehead atoms. The maximum Gasteiger partial charge on any atom is 0.240 e. The average molecular weight is 224 g/mol. The quantitative estimate of drug-likeness (QED) is 0.832. The first-order chi connectivity index (χ1) is 7.66. The lowest BCUT2D eigenvalue weighted by atomic mass is 9.97. The summed E-state index contributed by atoms with van der Waals surface area (Å²) >= 11 is 0. The molecule has 2 heterocycles. The van der Waals surface area contributed by atoms with E-state index in [2.05, 4.69) is 22.0 Å². The Bertz CT molecular complexity index is 336. The largest absolute Gasteiger partial charge is 0.338 e. The van der Waals surface area contributed by atoms with Crippen molar-refractivity contribution in [1.82, 2.24) is 15.0 Å². The molecule has 2 rings (SSSR count). The molecule has 0 saturated carbocycles. The van der Waals surface area contributed by atoms with Gasteiger partial charge in [-0.25, -0.2) is 0 Å². The maximum atomic E-state index is 6.01. The normalized spacial score (nSPS) is 24.6. The summed E-state index contributed by atoms with van der Waals surface area (Å²) in [6, 6.07) is 0.644. The van der Waals surface area contributed by atoms with Crippen molar-refractivity contribution in [3.05, 3.63) is 11.7 Å². The molecule has 0 aromatic carbocycles. The highest BCUT2D eigenvalue weighted by atomic mass is 16.5. The van der Waals surface area contributed by atoms with Gasteiger partial charge in [0.05, 0.1) is 6.54 Å². The van der Waals surface area contributed by atoms with Gasteiger partial charge in [-0.1, -0.05) is 11.6 Å². The summed E-state index contributed by atoms with van der Waals surface area (Å²) in [5.41, 5.74) is 6.01. The van der Waals surface area contributed by atoms with Crippen LogP contribution < -0.4 is 5.73 Å². The molecule has 1 fully saturated rings. The third kappa shape index (κ3) is 2.59. The molecular weight excluding hydrogens is 204 g/mol. The Hall–Kier alpha value is -0.940. The van der Waals surface area contributed by atoms with Crippen LogP contribution in [-0.4, -0.2) is 33.7 Å². The fourth-order valence-electron chi connectivity index (χ4n) is 2.39. The SMILES string of the molecule is Cc1noc(CN2CCCCC2C(C)N)n1. The second-order valence-electron chi connectivity index (χ2n) is 4.63. The van der Waals surface area contributed by atoms with E-state index in [1.807, 2.05) is 6.92 Å². The lowest BCUT2D eigenvalue weighted by molar-refractivity contribution is 0.109. The summed E-state index contributed by atoms with van der Waals surface area (Å²) in [6.45, 7) is 5.72. The monoisotopic (exact) mass is 224 g/mol. The van der Waals surface area contributed by atoms with Crippen LogP contribution >= 0.6 is 0 Å². The van der Waals surface area contributed by atoms with Crippen molar-refractivity contribution in [2.75, 3.05) is 6.54 Å². The number of rotatable bonds is 3. The third-order valence-electron chi connectivity index (χ3n) is 3.18. The molecule has 1 aromatic rings. The molecule has 0 spiro atoms. The highest BCUT2D eigenvalue weighted by molar-refractivity contribution is 4.88. The molecule has 0 aliphatic carbocycles. The standard InChI is InChI=1S/C11H20N4O/c1-8(12)10-5-3-4-6-15(10)7-11-13-9(2)14-16-11/h8,10H,3-7,12H2,1-2H3. The molecule has 16 heavy (non-hydrogen) atoms. The van der Waals surface area contributed by atoms with Gasteiger partial charge in [0.25, 0.3) is 0 Å². The fraction of sp³-hybridized carbons (Fsp3) is 0.818. The van der Waals surface area contributed by atoms with Gasteiger partial charge < -0.3 is 10.3 Å². The number of hydrogen-bond acceptors (Lipinski definition) is 5. The van der Waals surface area contributed by atoms with Crippen molar-refractivity contribution in [2.45, 2.75) is 51.7 Å². The fourth-order valence-corrected chi connectivity index (χ4v) is 2.39. The first-order valence-corrected chi connectivity index (χ1v) is 5.95. The lowest BCUT2D eigenvalue weighted by Gasteiger charge is -2.37. The zero-order chi connectivity index (χ0) is 11.5. The van der Waals surface area contributed by atoms with E-state index in [0.717, 1.165) is 13.1 Å². The van der Waals surface area contributed by atoms with Gasteiger partial charge in [-0.2, -0.15) is 4.98 Å². The van der Waals surface area contributed by atoms with Gasteiger partial charge in [-0.05, 0) is 33.2 Å². The number of nitrogens with two attached hydrogens (primary N) is 1. The second kappa shape index (κ2) is 4.93. The molecule has 1 aliphatic heterocycles. The molecule has 1 aromatic heterocycles. The van der Waals surface area contributed by atoms with E-state index in [9.17, 15) is 0 Å². The zero-order valence-electron chi connectivity index (χ0n) is 10.0.